The number of nitrogens with two attached hydrogens (primary N) is 1. The molecular weight excluding hydrogens is 307 g/mol. The first-order valence-electron chi connectivity index (χ1n) is 6.16. The fraction of sp³-hybridized carbons (Fsp3) is 0.0625. The van der Waals surface area contributed by atoms with E-state index in [9.17, 15) is 4.79 Å². The number of hydrogen-bond acceptors (Lipinski definition) is 2. The normalized spacial score (nSPS) is 9.67. The van der Waals surface area contributed by atoms with Crippen LogP contribution in [0.25, 0.3) is 0 Å². The van der Waals surface area contributed by atoms with Crippen LogP contribution in [0.3, 0.4) is 0 Å². The Hall–Kier alpha value is -1.99. The van der Waals surface area contributed by atoms with Gasteiger partial charge in [-0.25, -0.2) is 0 Å². The van der Waals surface area contributed by atoms with Crippen molar-refractivity contribution in [1.29, 1.82) is 0 Å². The summed E-state index contributed by atoms with van der Waals surface area (Å²) in [5.41, 5.74) is 7.11. The number of benzene rings is 2. The molecule has 0 radical (unpaired) electrons. The fourth-order valence-corrected chi connectivity index (χ4v) is 1.98. The summed E-state index contributed by atoms with van der Waals surface area (Å²) in [4.78, 5) is 12.2. The molecule has 3 nitrogen and oxygen atoms in total. The molecule has 106 valence electrons. The third kappa shape index (κ3) is 3.99. The highest BCUT2D eigenvalue weighted by atomic mass is 35.5. The molecule has 0 spiro atoms. The van der Waals surface area contributed by atoms with E-state index in [0.29, 0.717) is 26.9 Å². The van der Waals surface area contributed by atoms with Gasteiger partial charge in [0.15, 0.2) is 0 Å². The number of carbonyl (C=O) groups excluding carboxylic acids is 1. The minimum absolute atomic E-state index is 0.259. The van der Waals surface area contributed by atoms with Gasteiger partial charge in [0.25, 0.3) is 5.91 Å². The molecule has 21 heavy (non-hydrogen) atoms. The number of carbonyl (C=O) groups is 1. The van der Waals surface area contributed by atoms with Gasteiger partial charge in [-0.1, -0.05) is 47.2 Å². The lowest BCUT2D eigenvalue weighted by Gasteiger charge is -2.08. The third-order valence-electron chi connectivity index (χ3n) is 2.68. The predicted molar refractivity (Wildman–Crippen MR) is 86.8 cm³/mol. The molecule has 0 saturated heterocycles. The first kappa shape index (κ1) is 15.4. The Kier molecular flexibility index (Phi) is 5.24. The summed E-state index contributed by atoms with van der Waals surface area (Å²) in [5.74, 6) is 5.39. The van der Waals surface area contributed by atoms with E-state index in [-0.39, 0.29) is 12.5 Å². The second-order valence-electron chi connectivity index (χ2n) is 4.13. The summed E-state index contributed by atoms with van der Waals surface area (Å²) in [6, 6.07) is 12.0. The molecule has 2 rings (SSSR count). The molecule has 0 bridgehead atoms. The Labute approximate surface area is 133 Å². The zero-order chi connectivity index (χ0) is 15.2. The first-order chi connectivity index (χ1) is 10.1. The zero-order valence-corrected chi connectivity index (χ0v) is 12.5. The number of nitrogens with one attached hydrogen (secondary N) is 1. The van der Waals surface area contributed by atoms with E-state index in [1.807, 2.05) is 18.2 Å². The largest absolute Gasteiger partial charge is 0.321 e. The van der Waals surface area contributed by atoms with Crippen molar-refractivity contribution in [2.45, 2.75) is 0 Å². The molecule has 0 unspecified atom stereocenters. The van der Waals surface area contributed by atoms with Crippen LogP contribution >= 0.6 is 23.2 Å². The van der Waals surface area contributed by atoms with Gasteiger partial charge in [0.05, 0.1) is 22.3 Å². The average molecular weight is 319 g/mol. The van der Waals surface area contributed by atoms with Crippen molar-refractivity contribution in [1.82, 2.24) is 0 Å². The molecule has 0 aliphatic carbocycles. The summed E-state index contributed by atoms with van der Waals surface area (Å²) >= 11 is 11.7. The van der Waals surface area contributed by atoms with E-state index in [4.69, 9.17) is 28.9 Å². The molecule has 0 atom stereocenters. The summed E-state index contributed by atoms with van der Waals surface area (Å²) in [7, 11) is 0. The average Bonchev–Trinajstić information content (AvgIpc) is 2.49. The molecule has 3 N–H and O–H groups in total. The lowest BCUT2D eigenvalue weighted by molar-refractivity contribution is 0.102. The van der Waals surface area contributed by atoms with Crippen LogP contribution in [-0.2, 0) is 0 Å². The maximum Gasteiger partial charge on any atom is 0.255 e. The van der Waals surface area contributed by atoms with Gasteiger partial charge >= 0.3 is 0 Å². The number of para-hydroxylation sites is 1. The van der Waals surface area contributed by atoms with E-state index < -0.39 is 0 Å². The molecule has 0 aliphatic rings. The van der Waals surface area contributed by atoms with Gasteiger partial charge in [-0.05, 0) is 30.3 Å². The number of amides is 1. The van der Waals surface area contributed by atoms with Crippen molar-refractivity contribution < 1.29 is 4.79 Å². The van der Waals surface area contributed by atoms with Crippen LogP contribution in [0.1, 0.15) is 15.9 Å². The molecule has 2 aromatic rings. The Morgan fingerprint density at radius 3 is 2.62 bits per heavy atom. The van der Waals surface area contributed by atoms with Crippen LogP contribution in [-0.4, -0.2) is 12.5 Å². The molecule has 5 heteroatoms. The number of rotatable bonds is 2. The van der Waals surface area contributed by atoms with E-state index in [0.717, 1.165) is 0 Å². The summed E-state index contributed by atoms with van der Waals surface area (Å²) in [6.45, 7) is 0.259. The molecular formula is C16H12Cl2N2O. The van der Waals surface area contributed by atoms with Crippen LogP contribution in [0.5, 0.6) is 0 Å². The molecule has 1 amide bonds. The molecule has 0 aromatic heterocycles. The smallest absolute Gasteiger partial charge is 0.255 e. The monoisotopic (exact) mass is 318 g/mol. The van der Waals surface area contributed by atoms with Gasteiger partial charge in [-0.2, -0.15) is 0 Å². The Morgan fingerprint density at radius 2 is 1.90 bits per heavy atom. The standard InChI is InChI=1S/C16H12Cl2N2O/c17-13-8-7-12(10-14(13)18)16(21)20-15-6-2-1-4-11(15)5-3-9-19/h1-2,4,6-8,10H,9,19H2,(H,20,21). The summed E-state index contributed by atoms with van der Waals surface area (Å²) in [6.07, 6.45) is 0. The van der Waals surface area contributed by atoms with E-state index >= 15 is 0 Å². The molecule has 0 aliphatic heterocycles. The Balaban J connectivity index is 2.25. The lowest BCUT2D eigenvalue weighted by Crippen LogP contribution is -2.12. The maximum atomic E-state index is 12.2. The number of anilines is 1. The van der Waals surface area contributed by atoms with Gasteiger partial charge in [-0.15, -0.1) is 0 Å². The second kappa shape index (κ2) is 7.14. The van der Waals surface area contributed by atoms with Crippen molar-refractivity contribution in [3.63, 3.8) is 0 Å². The quantitative estimate of drug-likeness (QED) is 0.832. The van der Waals surface area contributed by atoms with E-state index in [2.05, 4.69) is 17.2 Å². The SMILES string of the molecule is NCC#Cc1ccccc1NC(=O)c1ccc(Cl)c(Cl)c1. The highest BCUT2D eigenvalue weighted by molar-refractivity contribution is 6.42. The van der Waals surface area contributed by atoms with Crippen molar-refractivity contribution in [3.8, 4) is 11.8 Å². The van der Waals surface area contributed by atoms with Crippen LogP contribution in [0.2, 0.25) is 10.0 Å². The number of hydrogen-bond donors (Lipinski definition) is 2. The van der Waals surface area contributed by atoms with Crippen LogP contribution in [0, 0.1) is 11.8 Å². The third-order valence-corrected chi connectivity index (χ3v) is 3.42. The fourth-order valence-electron chi connectivity index (χ4n) is 1.68. The topological polar surface area (TPSA) is 55.1 Å². The lowest BCUT2D eigenvalue weighted by atomic mass is 10.1. The minimum Gasteiger partial charge on any atom is -0.321 e. The van der Waals surface area contributed by atoms with Crippen LogP contribution in [0.15, 0.2) is 42.5 Å². The van der Waals surface area contributed by atoms with Gasteiger partial charge in [0.1, 0.15) is 0 Å². The molecule has 0 heterocycles. The van der Waals surface area contributed by atoms with Crippen molar-refractivity contribution >= 4 is 34.8 Å². The maximum absolute atomic E-state index is 12.2. The highest BCUT2D eigenvalue weighted by Crippen LogP contribution is 2.23. The number of halogens is 2. The summed E-state index contributed by atoms with van der Waals surface area (Å²) in [5, 5.41) is 3.54. The zero-order valence-electron chi connectivity index (χ0n) is 11.0. The molecule has 0 fully saturated rings. The highest BCUT2D eigenvalue weighted by Gasteiger charge is 2.10. The van der Waals surface area contributed by atoms with Crippen molar-refractivity contribution in [3.05, 3.63) is 63.6 Å². The Morgan fingerprint density at radius 1 is 1.14 bits per heavy atom. The van der Waals surface area contributed by atoms with E-state index in [1.54, 1.807) is 18.2 Å². The first-order valence-corrected chi connectivity index (χ1v) is 6.92. The van der Waals surface area contributed by atoms with Crippen molar-refractivity contribution in [2.75, 3.05) is 11.9 Å². The van der Waals surface area contributed by atoms with Gasteiger partial charge in [-0.3, -0.25) is 4.79 Å². The van der Waals surface area contributed by atoms with Gasteiger partial charge in [0.2, 0.25) is 0 Å². The minimum atomic E-state index is -0.282. The van der Waals surface area contributed by atoms with Crippen LogP contribution in [0.4, 0.5) is 5.69 Å². The summed E-state index contributed by atoms with van der Waals surface area (Å²) < 4.78 is 0. The predicted octanol–water partition coefficient (Wildman–Crippen LogP) is 3.56. The molecule has 2 aromatic carbocycles. The second-order valence-corrected chi connectivity index (χ2v) is 4.95. The van der Waals surface area contributed by atoms with Crippen LogP contribution < -0.4 is 11.1 Å². The molecule has 0 saturated carbocycles. The van der Waals surface area contributed by atoms with Gasteiger partial charge in [0, 0.05) is 11.1 Å². The Bertz CT molecular complexity index is 733. The van der Waals surface area contributed by atoms with E-state index in [1.165, 1.54) is 6.07 Å². The van der Waals surface area contributed by atoms with Gasteiger partial charge < -0.3 is 11.1 Å². The van der Waals surface area contributed by atoms with Crippen molar-refractivity contribution in [2.24, 2.45) is 5.73 Å².